The van der Waals surface area contributed by atoms with E-state index in [1.807, 2.05) is 0 Å². The van der Waals surface area contributed by atoms with Gasteiger partial charge in [-0.2, -0.15) is 4.91 Å². The van der Waals surface area contributed by atoms with Gasteiger partial charge < -0.3 is 14.4 Å². The van der Waals surface area contributed by atoms with Crippen LogP contribution in [0.25, 0.3) is 0 Å². The number of nitrogens with zero attached hydrogens (tertiary/aromatic N) is 2. The van der Waals surface area contributed by atoms with Crippen LogP contribution in [0.3, 0.4) is 0 Å². The van der Waals surface area contributed by atoms with Gasteiger partial charge in [0.25, 0.3) is 0 Å². The smallest absolute Gasteiger partial charge is 0.161 e. The molecule has 1 fully saturated rings. The Labute approximate surface area is 186 Å². The van der Waals surface area contributed by atoms with E-state index < -0.39 is 17.7 Å². The van der Waals surface area contributed by atoms with E-state index in [2.05, 4.69) is 10.1 Å². The molecule has 32 heavy (non-hydrogen) atoms. The van der Waals surface area contributed by atoms with Crippen molar-refractivity contribution in [1.82, 2.24) is 4.90 Å². The van der Waals surface area contributed by atoms with Gasteiger partial charge in [0.15, 0.2) is 17.3 Å². The molecule has 0 aromatic heterocycles. The highest BCUT2D eigenvalue weighted by molar-refractivity contribution is 5.94. The van der Waals surface area contributed by atoms with E-state index >= 15 is 0 Å². The van der Waals surface area contributed by atoms with Gasteiger partial charge in [0.1, 0.15) is 17.7 Å². The van der Waals surface area contributed by atoms with Crippen LogP contribution in [0.1, 0.15) is 48.1 Å². The first-order valence-corrected chi connectivity index (χ1v) is 10.7. The van der Waals surface area contributed by atoms with Crippen LogP contribution in [-0.2, 0) is 0 Å². The van der Waals surface area contributed by atoms with Crippen LogP contribution >= 0.6 is 0 Å². The summed E-state index contributed by atoms with van der Waals surface area (Å²) in [5, 5.41) is 3.16. The summed E-state index contributed by atoms with van der Waals surface area (Å²) in [6.07, 6.45) is 2.23. The Morgan fingerprint density at radius 2 is 1.91 bits per heavy atom. The third-order valence-electron chi connectivity index (χ3n) is 5.92. The molecule has 1 aliphatic rings. The number of nitroso groups, excluding NO2 is 1. The number of Topliss-reactive ketones (excluding diaryl/α,β-unsaturated/α-hetero) is 1. The van der Waals surface area contributed by atoms with Crippen LogP contribution in [0.2, 0.25) is 0 Å². The number of ketones is 1. The zero-order chi connectivity index (χ0) is 23.1. The monoisotopic (exact) mass is 446 g/mol. The van der Waals surface area contributed by atoms with E-state index in [-0.39, 0.29) is 17.3 Å². The van der Waals surface area contributed by atoms with E-state index in [1.165, 1.54) is 20.1 Å². The van der Waals surface area contributed by atoms with Crippen molar-refractivity contribution < 1.29 is 23.0 Å². The molecular formula is C24H28F2N2O4. The summed E-state index contributed by atoms with van der Waals surface area (Å²) in [5.74, 6) is -0.367. The number of hydrogen-bond donors (Lipinski definition) is 0. The van der Waals surface area contributed by atoms with Crippen molar-refractivity contribution in [3.05, 3.63) is 64.1 Å². The lowest BCUT2D eigenvalue weighted by molar-refractivity contribution is 0.101. The second-order valence-corrected chi connectivity index (χ2v) is 8.02. The van der Waals surface area contributed by atoms with Gasteiger partial charge in [0.2, 0.25) is 0 Å². The van der Waals surface area contributed by atoms with Gasteiger partial charge in [0.05, 0.1) is 13.7 Å². The van der Waals surface area contributed by atoms with Gasteiger partial charge >= 0.3 is 0 Å². The molecule has 0 saturated carbocycles. The average Bonchev–Trinajstić information content (AvgIpc) is 2.79. The van der Waals surface area contributed by atoms with Crippen LogP contribution < -0.4 is 9.47 Å². The lowest BCUT2D eigenvalue weighted by Crippen LogP contribution is -2.36. The van der Waals surface area contributed by atoms with Crippen molar-refractivity contribution in [2.45, 2.75) is 32.2 Å². The minimum atomic E-state index is -0.800. The van der Waals surface area contributed by atoms with E-state index in [4.69, 9.17) is 9.47 Å². The molecule has 0 amide bonds. The highest BCUT2D eigenvalue weighted by atomic mass is 19.1. The van der Waals surface area contributed by atoms with Gasteiger partial charge in [-0.05, 0) is 69.5 Å². The van der Waals surface area contributed by atoms with Crippen LogP contribution in [0.4, 0.5) is 8.78 Å². The molecule has 0 aliphatic carbocycles. The first-order chi connectivity index (χ1) is 15.4. The normalized spacial score (nSPS) is 15.9. The molecule has 1 atom stereocenters. The number of hydrogen-bond acceptors (Lipinski definition) is 6. The number of halogens is 2. The third-order valence-corrected chi connectivity index (χ3v) is 5.92. The van der Waals surface area contributed by atoms with E-state index in [0.717, 1.165) is 38.2 Å². The first-order valence-electron chi connectivity index (χ1n) is 10.7. The fraction of sp³-hybridized carbons (Fsp3) is 0.458. The Morgan fingerprint density at radius 1 is 1.16 bits per heavy atom. The zero-order valence-corrected chi connectivity index (χ0v) is 18.4. The molecule has 1 saturated heterocycles. The minimum absolute atomic E-state index is 0.0348. The van der Waals surface area contributed by atoms with E-state index in [9.17, 15) is 18.5 Å². The number of carbonyl (C=O) groups is 1. The van der Waals surface area contributed by atoms with Crippen molar-refractivity contribution in [2.75, 3.05) is 33.4 Å². The zero-order valence-electron chi connectivity index (χ0n) is 18.4. The van der Waals surface area contributed by atoms with Crippen LogP contribution in [0, 0.1) is 22.5 Å². The summed E-state index contributed by atoms with van der Waals surface area (Å²) in [7, 11) is 1.54. The Bertz CT molecular complexity index is 946. The molecule has 1 heterocycles. The van der Waals surface area contributed by atoms with Crippen molar-refractivity contribution in [3.63, 3.8) is 0 Å². The van der Waals surface area contributed by atoms with Gasteiger partial charge in [0, 0.05) is 23.7 Å². The number of rotatable bonds is 10. The maximum atomic E-state index is 14.1. The van der Waals surface area contributed by atoms with Crippen LogP contribution in [-0.4, -0.2) is 44.0 Å². The van der Waals surface area contributed by atoms with Gasteiger partial charge in [-0.1, -0.05) is 11.2 Å². The molecule has 1 unspecified atom stereocenters. The highest BCUT2D eigenvalue weighted by Gasteiger charge is 2.30. The summed E-state index contributed by atoms with van der Waals surface area (Å²) in [4.78, 5) is 25.2. The molecule has 8 heteroatoms. The molecule has 1 aliphatic heterocycles. The van der Waals surface area contributed by atoms with Gasteiger partial charge in [-0.3, -0.25) is 4.79 Å². The van der Waals surface area contributed by atoms with Gasteiger partial charge in [-0.15, -0.1) is 0 Å². The Morgan fingerprint density at radius 3 is 2.53 bits per heavy atom. The number of likely N-dealkylation sites (tertiary alicyclic amines) is 1. The Hall–Kier alpha value is -2.87. The second-order valence-electron chi connectivity index (χ2n) is 8.02. The third kappa shape index (κ3) is 5.88. The fourth-order valence-corrected chi connectivity index (χ4v) is 4.11. The maximum Gasteiger partial charge on any atom is 0.161 e. The van der Waals surface area contributed by atoms with Crippen molar-refractivity contribution in [3.8, 4) is 11.5 Å². The first kappa shape index (κ1) is 23.8. The molecule has 0 N–H and O–H groups in total. The average molecular weight is 446 g/mol. The summed E-state index contributed by atoms with van der Waals surface area (Å²) in [5.41, 5.74) is 0.735. The molecule has 0 bridgehead atoms. The topological polar surface area (TPSA) is 68.2 Å². The largest absolute Gasteiger partial charge is 0.493 e. The number of benzene rings is 2. The van der Waals surface area contributed by atoms with Crippen molar-refractivity contribution in [1.29, 1.82) is 0 Å². The van der Waals surface area contributed by atoms with Crippen LogP contribution in [0.5, 0.6) is 11.5 Å². The Balaban J connectivity index is 1.45. The lowest BCUT2D eigenvalue weighted by Gasteiger charge is -2.33. The number of methoxy groups -OCH3 is 1. The number of carbonyl (C=O) groups excluding carboxylic acids is 1. The summed E-state index contributed by atoms with van der Waals surface area (Å²) < 4.78 is 38.4. The molecule has 3 rings (SSSR count). The molecule has 2 aromatic rings. The summed E-state index contributed by atoms with van der Waals surface area (Å²) in [6, 6.07) is 7.60. The predicted octanol–water partition coefficient (Wildman–Crippen LogP) is 5.16. The van der Waals surface area contributed by atoms with Crippen molar-refractivity contribution >= 4 is 5.78 Å². The maximum absolute atomic E-state index is 14.1. The van der Waals surface area contributed by atoms with Crippen molar-refractivity contribution in [2.24, 2.45) is 11.1 Å². The standard InChI is InChI=1S/C24H28F2N2O4/c1-16(29)18-4-7-22(23(14-18)31-2)32-13-3-10-28-11-8-17(9-12-28)24(27-30)20-6-5-19(25)15-21(20)26/h4-7,14-15,17,24H,3,8-13H2,1-2H3. The SMILES string of the molecule is COc1cc(C(C)=O)ccc1OCCCN1CCC(C(N=O)c2ccc(F)cc2F)CC1. The molecule has 2 aromatic carbocycles. The fourth-order valence-electron chi connectivity index (χ4n) is 4.11. The second kappa shape index (κ2) is 11.1. The van der Waals surface area contributed by atoms with E-state index in [0.29, 0.717) is 36.5 Å². The number of ether oxygens (including phenoxy) is 2. The highest BCUT2D eigenvalue weighted by Crippen LogP contribution is 2.35. The van der Waals surface area contributed by atoms with Gasteiger partial charge in [-0.25, -0.2) is 8.78 Å². The molecular weight excluding hydrogens is 418 g/mol. The Kier molecular flexibility index (Phi) is 8.27. The summed E-state index contributed by atoms with van der Waals surface area (Å²) >= 11 is 0. The number of piperidine rings is 1. The molecule has 172 valence electrons. The van der Waals surface area contributed by atoms with Crippen LogP contribution in [0.15, 0.2) is 41.6 Å². The lowest BCUT2D eigenvalue weighted by atomic mass is 9.85. The predicted molar refractivity (Wildman–Crippen MR) is 117 cm³/mol. The quantitative estimate of drug-likeness (QED) is 0.286. The summed E-state index contributed by atoms with van der Waals surface area (Å²) in [6.45, 7) is 4.37. The van der Waals surface area contributed by atoms with E-state index in [1.54, 1.807) is 18.2 Å². The molecule has 0 radical (unpaired) electrons. The molecule has 0 spiro atoms. The minimum Gasteiger partial charge on any atom is -0.493 e. The molecule has 6 nitrogen and oxygen atoms in total.